The van der Waals surface area contributed by atoms with E-state index >= 15 is 0 Å². The van der Waals surface area contributed by atoms with Gasteiger partial charge in [0.05, 0.1) is 10.5 Å². The van der Waals surface area contributed by atoms with Gasteiger partial charge in [-0.25, -0.2) is 4.39 Å². The number of carbonyl (C=O) groups excluding carboxylic acids is 1. The molecule has 3 aromatic rings. The van der Waals surface area contributed by atoms with Gasteiger partial charge < -0.3 is 14.2 Å². The van der Waals surface area contributed by atoms with Crippen LogP contribution in [0.3, 0.4) is 0 Å². The normalized spacial score (nSPS) is 13.8. The molecule has 10 heteroatoms. The molecule has 0 spiro atoms. The lowest BCUT2D eigenvalue weighted by Crippen LogP contribution is -2.49. The first-order valence-electron chi connectivity index (χ1n) is 10.1. The topological polar surface area (TPSA) is 117 Å². The number of nitriles is 1. The summed E-state index contributed by atoms with van der Waals surface area (Å²) in [5.74, 6) is -0.481. The highest BCUT2D eigenvalue weighted by atomic mass is 19.1. The quantitative estimate of drug-likeness (QED) is 0.432. The third-order valence-electron chi connectivity index (χ3n) is 5.19. The molecule has 1 aromatic heterocycles. The number of hydrogen-bond acceptors (Lipinski definition) is 7. The largest absolute Gasteiger partial charge is 0.420 e. The number of aromatic nitrogens is 1. The number of amides is 1. The molecule has 0 atom stereocenters. The molecular weight excluding hydrogens is 429 g/mol. The van der Waals surface area contributed by atoms with Crippen molar-refractivity contribution in [2.45, 2.75) is 0 Å². The smallest absolute Gasteiger partial charge is 0.270 e. The Morgan fingerprint density at radius 3 is 2.61 bits per heavy atom. The van der Waals surface area contributed by atoms with Gasteiger partial charge in [0.15, 0.2) is 0 Å². The molecule has 1 saturated heterocycles. The summed E-state index contributed by atoms with van der Waals surface area (Å²) >= 11 is 0. The first-order chi connectivity index (χ1) is 16.0. The van der Waals surface area contributed by atoms with E-state index in [1.165, 1.54) is 36.4 Å². The molecule has 4 rings (SSSR count). The van der Waals surface area contributed by atoms with Gasteiger partial charge >= 0.3 is 0 Å². The van der Waals surface area contributed by atoms with Crippen LogP contribution < -0.4 is 4.90 Å². The molecule has 1 aliphatic rings. The minimum absolute atomic E-state index is 0.0249. The van der Waals surface area contributed by atoms with Crippen LogP contribution in [-0.2, 0) is 0 Å². The second kappa shape index (κ2) is 9.32. The number of nitro groups is 1. The van der Waals surface area contributed by atoms with Crippen LogP contribution in [-0.4, -0.2) is 46.9 Å². The molecule has 166 valence electrons. The minimum Gasteiger partial charge on any atom is -0.420 e. The van der Waals surface area contributed by atoms with Crippen LogP contribution in [0.15, 0.2) is 52.9 Å². The molecule has 1 fully saturated rings. The van der Waals surface area contributed by atoms with Crippen LogP contribution in [0.1, 0.15) is 27.5 Å². The van der Waals surface area contributed by atoms with Gasteiger partial charge in [-0.05, 0) is 23.8 Å². The van der Waals surface area contributed by atoms with Crippen LogP contribution in [0.2, 0.25) is 0 Å². The summed E-state index contributed by atoms with van der Waals surface area (Å²) in [7, 11) is 0. The average molecular weight is 447 g/mol. The zero-order valence-electron chi connectivity index (χ0n) is 17.3. The Morgan fingerprint density at radius 2 is 1.91 bits per heavy atom. The maximum atomic E-state index is 13.9. The molecular formula is C23H18FN5O4. The van der Waals surface area contributed by atoms with Gasteiger partial charge in [-0.3, -0.25) is 14.9 Å². The summed E-state index contributed by atoms with van der Waals surface area (Å²) in [5.41, 5.74) is 0.674. The van der Waals surface area contributed by atoms with Gasteiger partial charge in [-0.15, -0.1) is 0 Å². The number of nitrogens with zero attached hydrogens (tertiary/aromatic N) is 5. The van der Waals surface area contributed by atoms with Gasteiger partial charge in [0, 0.05) is 44.4 Å². The fourth-order valence-electron chi connectivity index (χ4n) is 3.51. The van der Waals surface area contributed by atoms with Crippen LogP contribution >= 0.6 is 0 Å². The van der Waals surface area contributed by atoms with E-state index in [2.05, 4.69) is 4.98 Å². The molecule has 0 radical (unpaired) electrons. The maximum Gasteiger partial charge on any atom is 0.270 e. The third-order valence-corrected chi connectivity index (χ3v) is 5.19. The maximum absolute atomic E-state index is 13.9. The average Bonchev–Trinajstić information content (AvgIpc) is 3.26. The predicted octanol–water partition coefficient (Wildman–Crippen LogP) is 3.73. The van der Waals surface area contributed by atoms with Crippen molar-refractivity contribution in [3.63, 3.8) is 0 Å². The van der Waals surface area contributed by atoms with Crippen LogP contribution in [0.5, 0.6) is 0 Å². The molecule has 9 nitrogen and oxygen atoms in total. The molecule has 33 heavy (non-hydrogen) atoms. The number of carbonyl (C=O) groups is 1. The fraction of sp³-hybridized carbons (Fsp3) is 0.174. The molecule has 0 unspecified atom stereocenters. The first-order valence-corrected chi connectivity index (χ1v) is 10.1. The van der Waals surface area contributed by atoms with Crippen molar-refractivity contribution in [3.8, 4) is 6.07 Å². The van der Waals surface area contributed by atoms with Gasteiger partial charge in [0.2, 0.25) is 17.5 Å². The van der Waals surface area contributed by atoms with Gasteiger partial charge in [-0.1, -0.05) is 24.3 Å². The zero-order valence-corrected chi connectivity index (χ0v) is 17.3. The first kappa shape index (κ1) is 21.7. The molecule has 2 aromatic carbocycles. The summed E-state index contributed by atoms with van der Waals surface area (Å²) in [6, 6.07) is 13.9. The van der Waals surface area contributed by atoms with E-state index in [1.807, 2.05) is 6.07 Å². The van der Waals surface area contributed by atoms with E-state index in [0.717, 1.165) is 0 Å². The fourth-order valence-corrected chi connectivity index (χ4v) is 3.51. The van der Waals surface area contributed by atoms with Crippen molar-refractivity contribution in [1.82, 2.24) is 9.88 Å². The molecule has 0 aliphatic carbocycles. The standard InChI is InChI=1S/C23H18FN5O4/c24-19-7-2-1-6-18(19)22(30)27-10-12-28(13-11-27)23-20(15-25)26-21(33-23)9-8-16-4-3-5-17(14-16)29(31)32/h1-9,14H,10-13H2/b9-8+. The van der Waals surface area contributed by atoms with E-state index in [9.17, 15) is 24.6 Å². The van der Waals surface area contributed by atoms with Crippen molar-refractivity contribution in [2.75, 3.05) is 31.1 Å². The second-order valence-electron chi connectivity index (χ2n) is 7.26. The molecule has 1 aliphatic heterocycles. The van der Waals surface area contributed by atoms with Gasteiger partial charge in [0.25, 0.3) is 11.6 Å². The van der Waals surface area contributed by atoms with Crippen molar-refractivity contribution in [3.05, 3.63) is 87.2 Å². The Morgan fingerprint density at radius 1 is 1.15 bits per heavy atom. The number of benzene rings is 2. The Bertz CT molecular complexity index is 1270. The van der Waals surface area contributed by atoms with Crippen molar-refractivity contribution < 1.29 is 18.5 Å². The number of rotatable bonds is 5. The summed E-state index contributed by atoms with van der Waals surface area (Å²) in [4.78, 5) is 30.6. The Balaban J connectivity index is 1.46. The third kappa shape index (κ3) is 4.72. The highest BCUT2D eigenvalue weighted by Crippen LogP contribution is 2.25. The SMILES string of the molecule is N#Cc1nc(/C=C/c2cccc([N+](=O)[O-])c2)oc1N1CCN(C(=O)c2ccccc2F)CC1. The van der Waals surface area contributed by atoms with E-state index in [1.54, 1.807) is 34.1 Å². The predicted molar refractivity (Wildman–Crippen MR) is 118 cm³/mol. The van der Waals surface area contributed by atoms with Crippen LogP contribution in [0.25, 0.3) is 12.2 Å². The molecule has 2 heterocycles. The lowest BCUT2D eigenvalue weighted by Gasteiger charge is -2.34. The van der Waals surface area contributed by atoms with Crippen LogP contribution in [0, 0.1) is 27.3 Å². The zero-order chi connectivity index (χ0) is 23.4. The summed E-state index contributed by atoms with van der Waals surface area (Å²) in [6.07, 6.45) is 3.14. The lowest BCUT2D eigenvalue weighted by molar-refractivity contribution is -0.384. The highest BCUT2D eigenvalue weighted by molar-refractivity contribution is 5.94. The highest BCUT2D eigenvalue weighted by Gasteiger charge is 2.27. The second-order valence-corrected chi connectivity index (χ2v) is 7.26. The van der Waals surface area contributed by atoms with Crippen molar-refractivity contribution in [2.24, 2.45) is 0 Å². The molecule has 0 bridgehead atoms. The molecule has 0 saturated carbocycles. The number of hydrogen-bond donors (Lipinski definition) is 0. The number of halogens is 1. The van der Waals surface area contributed by atoms with E-state index in [0.29, 0.717) is 31.7 Å². The number of non-ortho nitro benzene ring substituents is 1. The number of oxazole rings is 1. The Hall–Kier alpha value is -4.52. The number of piperazine rings is 1. The Kier molecular flexibility index (Phi) is 6.13. The summed E-state index contributed by atoms with van der Waals surface area (Å²) < 4.78 is 19.7. The van der Waals surface area contributed by atoms with E-state index in [-0.39, 0.29) is 34.6 Å². The van der Waals surface area contributed by atoms with E-state index < -0.39 is 10.7 Å². The molecule has 0 N–H and O–H groups in total. The van der Waals surface area contributed by atoms with Gasteiger partial charge in [0.1, 0.15) is 11.9 Å². The Labute approximate surface area is 188 Å². The summed E-state index contributed by atoms with van der Waals surface area (Å²) in [5, 5.41) is 20.4. The van der Waals surface area contributed by atoms with Crippen molar-refractivity contribution >= 4 is 29.6 Å². The monoisotopic (exact) mass is 447 g/mol. The van der Waals surface area contributed by atoms with Crippen molar-refractivity contribution in [1.29, 1.82) is 5.26 Å². The minimum atomic E-state index is -0.563. The number of anilines is 1. The number of nitro benzene ring substituents is 1. The van der Waals surface area contributed by atoms with Gasteiger partial charge in [-0.2, -0.15) is 10.2 Å². The van der Waals surface area contributed by atoms with Crippen LogP contribution in [0.4, 0.5) is 16.0 Å². The molecule has 1 amide bonds. The van der Waals surface area contributed by atoms with E-state index in [4.69, 9.17) is 4.42 Å². The summed E-state index contributed by atoms with van der Waals surface area (Å²) in [6.45, 7) is 1.44. The lowest BCUT2D eigenvalue weighted by atomic mass is 10.1.